The van der Waals surface area contributed by atoms with Gasteiger partial charge in [-0.05, 0) is 12.8 Å². The minimum atomic E-state index is -0.0168. The quantitative estimate of drug-likeness (QED) is 0.586. The van der Waals surface area contributed by atoms with Crippen LogP contribution in [0.3, 0.4) is 0 Å². The van der Waals surface area contributed by atoms with Crippen molar-refractivity contribution in [2.24, 2.45) is 0 Å². The smallest absolute Gasteiger partial charge is 0.244 e. The van der Waals surface area contributed by atoms with Crippen LogP contribution in [-0.2, 0) is 9.59 Å². The standard InChI is InChI=1S/C10H16N2O2/c13-9-5-6-10(14)12(9)11-7-3-1-2-4-8-11/h1-8H2. The molecule has 14 heavy (non-hydrogen) atoms. The summed E-state index contributed by atoms with van der Waals surface area (Å²) in [5.74, 6) is -0.0335. The molecule has 0 aromatic carbocycles. The van der Waals surface area contributed by atoms with Crippen molar-refractivity contribution >= 4 is 11.8 Å². The molecule has 2 rings (SSSR count). The summed E-state index contributed by atoms with van der Waals surface area (Å²) in [5.41, 5.74) is 0. The highest BCUT2D eigenvalue weighted by molar-refractivity contribution is 6.01. The molecule has 0 spiro atoms. The van der Waals surface area contributed by atoms with Crippen molar-refractivity contribution in [2.75, 3.05) is 13.1 Å². The van der Waals surface area contributed by atoms with E-state index in [0.29, 0.717) is 12.8 Å². The van der Waals surface area contributed by atoms with Gasteiger partial charge in [0, 0.05) is 25.9 Å². The van der Waals surface area contributed by atoms with Gasteiger partial charge >= 0.3 is 0 Å². The van der Waals surface area contributed by atoms with E-state index in [-0.39, 0.29) is 11.8 Å². The van der Waals surface area contributed by atoms with Gasteiger partial charge in [-0.3, -0.25) is 9.59 Å². The average molecular weight is 196 g/mol. The average Bonchev–Trinajstić information content (AvgIpc) is 2.45. The van der Waals surface area contributed by atoms with Gasteiger partial charge < -0.3 is 0 Å². The van der Waals surface area contributed by atoms with Gasteiger partial charge in [0.2, 0.25) is 11.8 Å². The van der Waals surface area contributed by atoms with Gasteiger partial charge in [0.25, 0.3) is 0 Å². The zero-order chi connectivity index (χ0) is 9.97. The molecule has 2 heterocycles. The summed E-state index contributed by atoms with van der Waals surface area (Å²) >= 11 is 0. The van der Waals surface area contributed by atoms with Gasteiger partial charge in [-0.2, -0.15) is 0 Å². The van der Waals surface area contributed by atoms with Crippen LogP contribution in [0.25, 0.3) is 0 Å². The molecule has 2 aliphatic rings. The zero-order valence-corrected chi connectivity index (χ0v) is 8.37. The molecule has 2 saturated heterocycles. The highest BCUT2D eigenvalue weighted by Crippen LogP contribution is 2.18. The van der Waals surface area contributed by atoms with Crippen LogP contribution in [0.4, 0.5) is 0 Å². The fourth-order valence-electron chi connectivity index (χ4n) is 2.13. The third kappa shape index (κ3) is 1.80. The molecule has 4 nitrogen and oxygen atoms in total. The molecule has 78 valence electrons. The first-order valence-corrected chi connectivity index (χ1v) is 5.40. The lowest BCUT2D eigenvalue weighted by Crippen LogP contribution is -2.46. The third-order valence-electron chi connectivity index (χ3n) is 2.89. The normalized spacial score (nSPS) is 25.6. The molecular weight excluding hydrogens is 180 g/mol. The number of imide groups is 1. The zero-order valence-electron chi connectivity index (χ0n) is 8.37. The minimum Gasteiger partial charge on any atom is -0.273 e. The molecule has 0 N–H and O–H groups in total. The van der Waals surface area contributed by atoms with Crippen molar-refractivity contribution in [1.29, 1.82) is 0 Å². The van der Waals surface area contributed by atoms with Crippen LogP contribution in [0.1, 0.15) is 38.5 Å². The van der Waals surface area contributed by atoms with Crippen molar-refractivity contribution in [3.05, 3.63) is 0 Å². The maximum atomic E-state index is 11.5. The van der Waals surface area contributed by atoms with Crippen molar-refractivity contribution in [3.8, 4) is 0 Å². The Labute approximate surface area is 83.8 Å². The summed E-state index contributed by atoms with van der Waals surface area (Å²) < 4.78 is 0. The van der Waals surface area contributed by atoms with Crippen molar-refractivity contribution < 1.29 is 9.59 Å². The number of hydrogen-bond donors (Lipinski definition) is 0. The molecule has 0 aliphatic carbocycles. The molecule has 0 bridgehead atoms. The summed E-state index contributed by atoms with van der Waals surface area (Å²) in [7, 11) is 0. The summed E-state index contributed by atoms with van der Waals surface area (Å²) in [5, 5.41) is 3.32. The highest BCUT2D eigenvalue weighted by Gasteiger charge is 2.33. The van der Waals surface area contributed by atoms with E-state index in [9.17, 15) is 9.59 Å². The Morgan fingerprint density at radius 1 is 0.786 bits per heavy atom. The van der Waals surface area contributed by atoms with E-state index in [1.165, 1.54) is 17.9 Å². The molecule has 0 aromatic rings. The lowest BCUT2D eigenvalue weighted by molar-refractivity contribution is -0.157. The summed E-state index contributed by atoms with van der Waals surface area (Å²) in [6.07, 6.45) is 5.41. The highest BCUT2D eigenvalue weighted by atomic mass is 16.2. The van der Waals surface area contributed by atoms with Crippen LogP contribution in [0.2, 0.25) is 0 Å². The topological polar surface area (TPSA) is 40.6 Å². The van der Waals surface area contributed by atoms with Crippen LogP contribution < -0.4 is 0 Å². The van der Waals surface area contributed by atoms with Gasteiger partial charge in [0.05, 0.1) is 0 Å². The minimum absolute atomic E-state index is 0.0168. The fraction of sp³-hybridized carbons (Fsp3) is 0.800. The number of carbonyl (C=O) groups is 2. The Bertz CT molecular complexity index is 229. The van der Waals surface area contributed by atoms with Crippen LogP contribution in [-0.4, -0.2) is 34.9 Å². The number of nitrogens with zero attached hydrogens (tertiary/aromatic N) is 2. The molecule has 0 unspecified atom stereocenters. The van der Waals surface area contributed by atoms with Gasteiger partial charge in [-0.15, -0.1) is 0 Å². The van der Waals surface area contributed by atoms with Crippen LogP contribution in [0.5, 0.6) is 0 Å². The summed E-state index contributed by atoms with van der Waals surface area (Å²) in [6.45, 7) is 1.72. The first-order valence-electron chi connectivity index (χ1n) is 5.40. The van der Waals surface area contributed by atoms with Gasteiger partial charge in [0.1, 0.15) is 0 Å². The Morgan fingerprint density at radius 3 is 1.79 bits per heavy atom. The Balaban J connectivity index is 2.04. The fourth-order valence-corrected chi connectivity index (χ4v) is 2.13. The van der Waals surface area contributed by atoms with Crippen molar-refractivity contribution in [3.63, 3.8) is 0 Å². The number of rotatable bonds is 1. The van der Waals surface area contributed by atoms with E-state index < -0.39 is 0 Å². The summed E-state index contributed by atoms with van der Waals surface area (Å²) in [4.78, 5) is 22.9. The van der Waals surface area contributed by atoms with Gasteiger partial charge in [-0.1, -0.05) is 12.8 Å². The molecule has 0 radical (unpaired) electrons. The third-order valence-corrected chi connectivity index (χ3v) is 2.89. The van der Waals surface area contributed by atoms with Crippen molar-refractivity contribution in [1.82, 2.24) is 10.0 Å². The van der Waals surface area contributed by atoms with E-state index >= 15 is 0 Å². The first kappa shape index (κ1) is 9.65. The summed E-state index contributed by atoms with van der Waals surface area (Å²) in [6, 6.07) is 0. The molecule has 2 aliphatic heterocycles. The van der Waals surface area contributed by atoms with Gasteiger partial charge in [-0.25, -0.2) is 10.0 Å². The SMILES string of the molecule is O=C1CCC(=O)N1N1CCCCCC1. The van der Waals surface area contributed by atoms with Crippen LogP contribution in [0, 0.1) is 0 Å². The number of amides is 2. The Morgan fingerprint density at radius 2 is 1.29 bits per heavy atom. The second kappa shape index (κ2) is 4.09. The van der Waals surface area contributed by atoms with E-state index in [1.54, 1.807) is 0 Å². The predicted molar refractivity (Wildman–Crippen MR) is 51.1 cm³/mol. The van der Waals surface area contributed by atoms with E-state index in [4.69, 9.17) is 0 Å². The van der Waals surface area contributed by atoms with Crippen molar-refractivity contribution in [2.45, 2.75) is 38.5 Å². The number of carbonyl (C=O) groups excluding carboxylic acids is 2. The maximum absolute atomic E-state index is 11.5. The molecule has 0 saturated carbocycles. The van der Waals surface area contributed by atoms with Crippen LogP contribution in [0.15, 0.2) is 0 Å². The second-order valence-electron chi connectivity index (χ2n) is 3.97. The number of hydrazine groups is 1. The first-order chi connectivity index (χ1) is 6.79. The van der Waals surface area contributed by atoms with E-state index in [0.717, 1.165) is 25.9 Å². The Hall–Kier alpha value is -0.900. The molecule has 4 heteroatoms. The Kier molecular flexibility index (Phi) is 2.82. The lowest BCUT2D eigenvalue weighted by atomic mass is 10.2. The monoisotopic (exact) mass is 196 g/mol. The lowest BCUT2D eigenvalue weighted by Gasteiger charge is -2.28. The molecular formula is C10H16N2O2. The second-order valence-corrected chi connectivity index (χ2v) is 3.97. The maximum Gasteiger partial charge on any atom is 0.244 e. The van der Waals surface area contributed by atoms with Crippen LogP contribution >= 0.6 is 0 Å². The molecule has 2 amide bonds. The molecule has 0 aromatic heterocycles. The van der Waals surface area contributed by atoms with E-state index in [1.807, 2.05) is 5.01 Å². The van der Waals surface area contributed by atoms with E-state index in [2.05, 4.69) is 0 Å². The largest absolute Gasteiger partial charge is 0.273 e. The number of hydrogen-bond acceptors (Lipinski definition) is 3. The molecule has 2 fully saturated rings. The predicted octanol–water partition coefficient (Wildman–Crippen LogP) is 0.926. The molecule has 0 atom stereocenters. The van der Waals surface area contributed by atoms with Gasteiger partial charge in [0.15, 0.2) is 0 Å².